The lowest BCUT2D eigenvalue weighted by Crippen LogP contribution is -2.36. The highest BCUT2D eigenvalue weighted by Gasteiger charge is 2.14. The van der Waals surface area contributed by atoms with Crippen LogP contribution in [0.15, 0.2) is 48.7 Å². The molecule has 104 valence electrons. The van der Waals surface area contributed by atoms with Crippen molar-refractivity contribution in [3.05, 3.63) is 54.4 Å². The zero-order valence-electron chi connectivity index (χ0n) is 11.2. The van der Waals surface area contributed by atoms with Gasteiger partial charge < -0.3 is 15.8 Å². The summed E-state index contributed by atoms with van der Waals surface area (Å²) < 4.78 is 5.53. The smallest absolute Gasteiger partial charge is 0.261 e. The fraction of sp³-hybridized carbons (Fsp3) is 0.200. The van der Waals surface area contributed by atoms with E-state index in [2.05, 4.69) is 10.3 Å². The number of benzene rings is 1. The molecule has 20 heavy (non-hydrogen) atoms. The third kappa shape index (κ3) is 3.98. The number of ether oxygens (including phenoxy) is 1. The molecule has 5 heteroatoms. The Hall–Kier alpha value is -2.56. The van der Waals surface area contributed by atoms with Crippen molar-refractivity contribution in [2.24, 2.45) is 0 Å². The van der Waals surface area contributed by atoms with Crippen molar-refractivity contribution < 1.29 is 9.53 Å². The van der Waals surface area contributed by atoms with Crippen LogP contribution in [0.25, 0.3) is 0 Å². The van der Waals surface area contributed by atoms with E-state index < -0.39 is 6.10 Å². The van der Waals surface area contributed by atoms with Crippen molar-refractivity contribution in [3.63, 3.8) is 0 Å². The van der Waals surface area contributed by atoms with Gasteiger partial charge in [-0.2, -0.15) is 0 Å². The summed E-state index contributed by atoms with van der Waals surface area (Å²) in [6.07, 6.45) is 1.09. The molecule has 1 aromatic carbocycles. The van der Waals surface area contributed by atoms with Gasteiger partial charge in [-0.15, -0.1) is 0 Å². The van der Waals surface area contributed by atoms with Crippen LogP contribution in [-0.2, 0) is 11.3 Å². The molecule has 3 N–H and O–H groups in total. The SMILES string of the molecule is CC(Oc1cccc(N)c1)C(=O)NCc1ccccn1. The van der Waals surface area contributed by atoms with Crippen LogP contribution >= 0.6 is 0 Å². The maximum Gasteiger partial charge on any atom is 0.261 e. The number of nitrogen functional groups attached to an aromatic ring is 1. The topological polar surface area (TPSA) is 77.2 Å². The van der Waals surface area contributed by atoms with Crippen LogP contribution in [0.5, 0.6) is 5.75 Å². The maximum absolute atomic E-state index is 11.9. The van der Waals surface area contributed by atoms with E-state index in [-0.39, 0.29) is 5.91 Å². The van der Waals surface area contributed by atoms with Crippen LogP contribution < -0.4 is 15.8 Å². The molecule has 1 aromatic heterocycles. The minimum atomic E-state index is -0.597. The predicted molar refractivity (Wildman–Crippen MR) is 77.0 cm³/mol. The van der Waals surface area contributed by atoms with E-state index in [1.54, 1.807) is 37.4 Å². The van der Waals surface area contributed by atoms with Crippen LogP contribution in [0.2, 0.25) is 0 Å². The predicted octanol–water partition coefficient (Wildman–Crippen LogP) is 1.75. The molecule has 0 aliphatic rings. The van der Waals surface area contributed by atoms with E-state index in [9.17, 15) is 4.79 Å². The summed E-state index contributed by atoms with van der Waals surface area (Å²) in [6, 6.07) is 12.5. The monoisotopic (exact) mass is 271 g/mol. The molecule has 0 fully saturated rings. The number of aromatic nitrogens is 1. The number of nitrogens with one attached hydrogen (secondary N) is 1. The number of rotatable bonds is 5. The molecule has 2 aromatic rings. The maximum atomic E-state index is 11.9. The van der Waals surface area contributed by atoms with Gasteiger partial charge in [0.25, 0.3) is 5.91 Å². The van der Waals surface area contributed by atoms with E-state index in [0.717, 1.165) is 5.69 Å². The molecule has 1 unspecified atom stereocenters. The normalized spacial score (nSPS) is 11.7. The van der Waals surface area contributed by atoms with Crippen molar-refractivity contribution in [2.45, 2.75) is 19.6 Å². The van der Waals surface area contributed by atoms with Crippen LogP contribution in [0, 0.1) is 0 Å². The summed E-state index contributed by atoms with van der Waals surface area (Å²) in [7, 11) is 0. The average Bonchev–Trinajstić information content (AvgIpc) is 2.46. The molecule has 1 atom stereocenters. The highest BCUT2D eigenvalue weighted by molar-refractivity contribution is 5.80. The lowest BCUT2D eigenvalue weighted by atomic mass is 10.3. The first kappa shape index (κ1) is 13.9. The average molecular weight is 271 g/mol. The molecule has 5 nitrogen and oxygen atoms in total. The molecular formula is C15H17N3O2. The van der Waals surface area contributed by atoms with Crippen LogP contribution in [0.3, 0.4) is 0 Å². The molecule has 1 amide bonds. The molecular weight excluding hydrogens is 254 g/mol. The number of carbonyl (C=O) groups is 1. The number of amides is 1. The number of nitrogens with zero attached hydrogens (tertiary/aromatic N) is 1. The molecule has 0 radical (unpaired) electrons. The van der Waals surface area contributed by atoms with Crippen molar-refractivity contribution in [2.75, 3.05) is 5.73 Å². The number of hydrogen-bond acceptors (Lipinski definition) is 4. The lowest BCUT2D eigenvalue weighted by molar-refractivity contribution is -0.127. The highest BCUT2D eigenvalue weighted by Crippen LogP contribution is 2.15. The quantitative estimate of drug-likeness (QED) is 0.812. The minimum absolute atomic E-state index is 0.196. The third-order valence-corrected chi connectivity index (χ3v) is 2.71. The zero-order valence-corrected chi connectivity index (χ0v) is 11.2. The molecule has 2 rings (SSSR count). The van der Waals surface area contributed by atoms with E-state index >= 15 is 0 Å². The molecule has 0 saturated heterocycles. The van der Waals surface area contributed by atoms with Crippen LogP contribution in [0.4, 0.5) is 5.69 Å². The van der Waals surface area contributed by atoms with E-state index in [1.807, 2.05) is 18.2 Å². The molecule has 0 saturated carbocycles. The Morgan fingerprint density at radius 1 is 1.35 bits per heavy atom. The Bertz CT molecular complexity index is 572. The van der Waals surface area contributed by atoms with Gasteiger partial charge in [-0.25, -0.2) is 0 Å². The van der Waals surface area contributed by atoms with E-state index in [0.29, 0.717) is 18.0 Å². The Morgan fingerprint density at radius 2 is 2.20 bits per heavy atom. The molecule has 0 bridgehead atoms. The number of pyridine rings is 1. The summed E-state index contributed by atoms with van der Waals surface area (Å²) in [4.78, 5) is 16.0. The van der Waals surface area contributed by atoms with Gasteiger partial charge in [0.05, 0.1) is 12.2 Å². The summed E-state index contributed by atoms with van der Waals surface area (Å²) >= 11 is 0. The van der Waals surface area contributed by atoms with Crippen LogP contribution in [-0.4, -0.2) is 17.0 Å². The number of nitrogens with two attached hydrogens (primary N) is 1. The van der Waals surface area contributed by atoms with Gasteiger partial charge in [0, 0.05) is 18.0 Å². The summed E-state index contributed by atoms with van der Waals surface area (Å²) in [5.74, 6) is 0.378. The first-order valence-corrected chi connectivity index (χ1v) is 6.35. The van der Waals surface area contributed by atoms with Gasteiger partial charge in [0.1, 0.15) is 5.75 Å². The fourth-order valence-corrected chi connectivity index (χ4v) is 1.67. The second-order valence-corrected chi connectivity index (χ2v) is 4.37. The van der Waals surface area contributed by atoms with Gasteiger partial charge in [-0.1, -0.05) is 12.1 Å². The van der Waals surface area contributed by atoms with Crippen molar-refractivity contribution in [1.29, 1.82) is 0 Å². The molecule has 0 aliphatic carbocycles. The summed E-state index contributed by atoms with van der Waals surface area (Å²) in [5.41, 5.74) is 7.06. The summed E-state index contributed by atoms with van der Waals surface area (Å²) in [5, 5.41) is 2.78. The van der Waals surface area contributed by atoms with Crippen molar-refractivity contribution >= 4 is 11.6 Å². The van der Waals surface area contributed by atoms with Crippen molar-refractivity contribution in [1.82, 2.24) is 10.3 Å². The van der Waals surface area contributed by atoms with E-state index in [1.165, 1.54) is 0 Å². The number of carbonyl (C=O) groups excluding carboxylic acids is 1. The second-order valence-electron chi connectivity index (χ2n) is 4.37. The van der Waals surface area contributed by atoms with Crippen LogP contribution in [0.1, 0.15) is 12.6 Å². The summed E-state index contributed by atoms with van der Waals surface area (Å²) in [6.45, 7) is 2.07. The van der Waals surface area contributed by atoms with Gasteiger partial charge in [-0.05, 0) is 31.2 Å². The second kappa shape index (κ2) is 6.56. The van der Waals surface area contributed by atoms with Gasteiger partial charge in [0.2, 0.25) is 0 Å². The Balaban J connectivity index is 1.86. The highest BCUT2D eigenvalue weighted by atomic mass is 16.5. The van der Waals surface area contributed by atoms with Gasteiger partial charge >= 0.3 is 0 Å². The Morgan fingerprint density at radius 3 is 2.90 bits per heavy atom. The largest absolute Gasteiger partial charge is 0.481 e. The molecule has 0 aliphatic heterocycles. The third-order valence-electron chi connectivity index (χ3n) is 2.71. The van der Waals surface area contributed by atoms with E-state index in [4.69, 9.17) is 10.5 Å². The first-order chi connectivity index (χ1) is 9.65. The number of hydrogen-bond donors (Lipinski definition) is 2. The molecule has 0 spiro atoms. The zero-order chi connectivity index (χ0) is 14.4. The van der Waals surface area contributed by atoms with Gasteiger partial charge in [0.15, 0.2) is 6.10 Å². The minimum Gasteiger partial charge on any atom is -0.481 e. The molecule has 1 heterocycles. The lowest BCUT2D eigenvalue weighted by Gasteiger charge is -2.14. The fourth-order valence-electron chi connectivity index (χ4n) is 1.67. The van der Waals surface area contributed by atoms with Gasteiger partial charge in [-0.3, -0.25) is 9.78 Å². The first-order valence-electron chi connectivity index (χ1n) is 6.35. The Labute approximate surface area is 117 Å². The van der Waals surface area contributed by atoms with Crippen molar-refractivity contribution in [3.8, 4) is 5.75 Å². The Kier molecular flexibility index (Phi) is 4.55. The standard InChI is InChI=1S/C15H17N3O2/c1-11(20-14-7-4-5-12(16)9-14)15(19)18-10-13-6-2-3-8-17-13/h2-9,11H,10,16H2,1H3,(H,18,19). The number of anilines is 1.